The Morgan fingerprint density at radius 3 is 2.22 bits per heavy atom. The van der Waals surface area contributed by atoms with Crippen LogP contribution < -0.4 is 10.5 Å². The molecule has 0 spiro atoms. The Kier molecular flexibility index (Phi) is 4.70. The zero-order valence-electron chi connectivity index (χ0n) is 12.7. The molecule has 3 rings (SSSR count). The van der Waals surface area contributed by atoms with E-state index in [-0.39, 0.29) is 17.0 Å². The molecule has 0 amide bonds. The summed E-state index contributed by atoms with van der Waals surface area (Å²) >= 11 is 0. The van der Waals surface area contributed by atoms with Crippen LogP contribution in [0.15, 0.2) is 47.6 Å². The maximum atomic E-state index is 12.4. The van der Waals surface area contributed by atoms with Gasteiger partial charge in [-0.15, -0.1) is 0 Å². The van der Waals surface area contributed by atoms with Crippen molar-refractivity contribution in [2.75, 3.05) is 0 Å². The SMILES string of the molecule is NC1CCC(NS(=O)(=O)c2cnc(-c3ccccc3)nc2)CC1. The highest BCUT2D eigenvalue weighted by molar-refractivity contribution is 7.89. The second kappa shape index (κ2) is 6.74. The van der Waals surface area contributed by atoms with Crippen molar-refractivity contribution in [1.29, 1.82) is 0 Å². The minimum atomic E-state index is -3.59. The molecule has 122 valence electrons. The second-order valence-corrected chi connectivity index (χ2v) is 7.56. The van der Waals surface area contributed by atoms with Gasteiger partial charge in [0, 0.05) is 17.6 Å². The zero-order chi connectivity index (χ0) is 16.3. The molecule has 0 atom stereocenters. The van der Waals surface area contributed by atoms with Crippen molar-refractivity contribution in [3.8, 4) is 11.4 Å². The van der Waals surface area contributed by atoms with Gasteiger partial charge in [-0.1, -0.05) is 30.3 Å². The minimum Gasteiger partial charge on any atom is -0.328 e. The van der Waals surface area contributed by atoms with Crippen molar-refractivity contribution < 1.29 is 8.42 Å². The first-order valence-electron chi connectivity index (χ1n) is 7.70. The van der Waals surface area contributed by atoms with Gasteiger partial charge in [0.05, 0.1) is 12.4 Å². The van der Waals surface area contributed by atoms with Crippen LogP contribution >= 0.6 is 0 Å². The average molecular weight is 332 g/mol. The molecule has 1 aliphatic carbocycles. The first-order valence-corrected chi connectivity index (χ1v) is 9.18. The molecule has 0 saturated heterocycles. The van der Waals surface area contributed by atoms with E-state index in [4.69, 9.17) is 5.73 Å². The normalized spacial score (nSPS) is 22.0. The molecule has 7 heteroatoms. The number of hydrogen-bond acceptors (Lipinski definition) is 5. The number of nitrogens with one attached hydrogen (secondary N) is 1. The monoisotopic (exact) mass is 332 g/mol. The minimum absolute atomic E-state index is 0.0615. The fraction of sp³-hybridized carbons (Fsp3) is 0.375. The number of aromatic nitrogens is 2. The second-order valence-electron chi connectivity index (χ2n) is 5.84. The number of hydrogen-bond donors (Lipinski definition) is 2. The van der Waals surface area contributed by atoms with Crippen molar-refractivity contribution in [3.05, 3.63) is 42.7 Å². The molecule has 0 aliphatic heterocycles. The first-order chi connectivity index (χ1) is 11.0. The van der Waals surface area contributed by atoms with E-state index in [9.17, 15) is 8.42 Å². The molecular formula is C16H20N4O2S. The number of sulfonamides is 1. The van der Waals surface area contributed by atoms with Crippen LogP contribution in [-0.4, -0.2) is 30.5 Å². The molecule has 3 N–H and O–H groups in total. The zero-order valence-corrected chi connectivity index (χ0v) is 13.5. The molecule has 1 aliphatic rings. The summed E-state index contributed by atoms with van der Waals surface area (Å²) in [6.07, 6.45) is 5.93. The standard InChI is InChI=1S/C16H20N4O2S/c17-13-6-8-14(9-7-13)20-23(21,22)15-10-18-16(19-11-15)12-4-2-1-3-5-12/h1-5,10-11,13-14,20H,6-9,17H2. The van der Waals surface area contributed by atoms with Crippen LogP contribution in [0.3, 0.4) is 0 Å². The van der Waals surface area contributed by atoms with Crippen molar-refractivity contribution in [2.45, 2.75) is 42.7 Å². The Morgan fingerprint density at radius 1 is 1.00 bits per heavy atom. The summed E-state index contributed by atoms with van der Waals surface area (Å²) in [5.74, 6) is 0.508. The molecule has 1 aromatic heterocycles. The maximum absolute atomic E-state index is 12.4. The van der Waals surface area contributed by atoms with Crippen LogP contribution in [0.25, 0.3) is 11.4 Å². The Labute approximate surface area is 136 Å². The Morgan fingerprint density at radius 2 is 1.61 bits per heavy atom. The predicted molar refractivity (Wildman–Crippen MR) is 88.0 cm³/mol. The summed E-state index contributed by atoms with van der Waals surface area (Å²) in [5.41, 5.74) is 6.70. The van der Waals surface area contributed by atoms with Crippen molar-refractivity contribution >= 4 is 10.0 Å². The fourth-order valence-electron chi connectivity index (χ4n) is 2.72. The first kappa shape index (κ1) is 16.0. The molecule has 2 aromatic rings. The van der Waals surface area contributed by atoms with Crippen molar-refractivity contribution in [3.63, 3.8) is 0 Å². The fourth-order valence-corrected chi connectivity index (χ4v) is 3.91. The van der Waals surface area contributed by atoms with Gasteiger partial charge in [-0.25, -0.2) is 23.1 Å². The van der Waals surface area contributed by atoms with E-state index in [2.05, 4.69) is 14.7 Å². The van der Waals surface area contributed by atoms with Gasteiger partial charge in [0.2, 0.25) is 10.0 Å². The molecule has 1 saturated carbocycles. The quantitative estimate of drug-likeness (QED) is 0.888. The number of rotatable bonds is 4. The van der Waals surface area contributed by atoms with Crippen molar-refractivity contribution in [2.24, 2.45) is 5.73 Å². The van der Waals surface area contributed by atoms with Crippen LogP contribution in [0, 0.1) is 0 Å². The van der Waals surface area contributed by atoms with Gasteiger partial charge < -0.3 is 5.73 Å². The predicted octanol–water partition coefficient (Wildman–Crippen LogP) is 1.69. The Hall–Kier alpha value is -1.83. The van der Waals surface area contributed by atoms with E-state index >= 15 is 0 Å². The summed E-state index contributed by atoms with van der Waals surface area (Å²) in [7, 11) is -3.59. The van der Waals surface area contributed by atoms with Gasteiger partial charge in [-0.2, -0.15) is 0 Å². The summed E-state index contributed by atoms with van der Waals surface area (Å²) in [4.78, 5) is 8.43. The lowest BCUT2D eigenvalue weighted by molar-refractivity contribution is 0.373. The lowest BCUT2D eigenvalue weighted by Crippen LogP contribution is -2.40. The number of nitrogens with two attached hydrogens (primary N) is 1. The molecule has 23 heavy (non-hydrogen) atoms. The number of benzene rings is 1. The van der Waals surface area contributed by atoms with E-state index in [0.29, 0.717) is 5.82 Å². The van der Waals surface area contributed by atoms with Gasteiger partial charge >= 0.3 is 0 Å². The molecular weight excluding hydrogens is 312 g/mol. The highest BCUT2D eigenvalue weighted by Crippen LogP contribution is 2.20. The lowest BCUT2D eigenvalue weighted by Gasteiger charge is -2.26. The molecule has 1 aromatic carbocycles. The van der Waals surface area contributed by atoms with Gasteiger partial charge in [0.25, 0.3) is 0 Å². The summed E-state index contributed by atoms with van der Waals surface area (Å²) < 4.78 is 27.5. The van der Waals surface area contributed by atoms with E-state index in [0.717, 1.165) is 31.2 Å². The third-order valence-electron chi connectivity index (χ3n) is 4.06. The van der Waals surface area contributed by atoms with Gasteiger partial charge in [0.15, 0.2) is 5.82 Å². The summed E-state index contributed by atoms with van der Waals surface area (Å²) in [6.45, 7) is 0. The topological polar surface area (TPSA) is 98.0 Å². The van der Waals surface area contributed by atoms with E-state index in [1.165, 1.54) is 12.4 Å². The van der Waals surface area contributed by atoms with E-state index < -0.39 is 10.0 Å². The molecule has 0 radical (unpaired) electrons. The van der Waals surface area contributed by atoms with Gasteiger partial charge in [-0.3, -0.25) is 0 Å². The van der Waals surface area contributed by atoms with Crippen LogP contribution in [-0.2, 0) is 10.0 Å². The smallest absolute Gasteiger partial charge is 0.243 e. The lowest BCUT2D eigenvalue weighted by atomic mass is 9.93. The number of nitrogens with zero attached hydrogens (tertiary/aromatic N) is 2. The van der Waals surface area contributed by atoms with Crippen LogP contribution in [0.5, 0.6) is 0 Å². The van der Waals surface area contributed by atoms with Crippen LogP contribution in [0.1, 0.15) is 25.7 Å². The third-order valence-corrected chi connectivity index (χ3v) is 5.54. The third kappa shape index (κ3) is 3.93. The van der Waals surface area contributed by atoms with E-state index in [1.807, 2.05) is 30.3 Å². The Balaban J connectivity index is 1.73. The molecule has 0 bridgehead atoms. The molecule has 0 unspecified atom stereocenters. The van der Waals surface area contributed by atoms with Gasteiger partial charge in [-0.05, 0) is 25.7 Å². The summed E-state index contributed by atoms with van der Waals surface area (Å²) in [5, 5.41) is 0. The van der Waals surface area contributed by atoms with Crippen molar-refractivity contribution in [1.82, 2.24) is 14.7 Å². The molecule has 1 fully saturated rings. The van der Waals surface area contributed by atoms with E-state index in [1.54, 1.807) is 0 Å². The largest absolute Gasteiger partial charge is 0.328 e. The summed E-state index contributed by atoms with van der Waals surface area (Å²) in [6, 6.07) is 9.57. The van der Waals surface area contributed by atoms with Crippen LogP contribution in [0.2, 0.25) is 0 Å². The molecule has 1 heterocycles. The molecule has 6 nitrogen and oxygen atoms in total. The maximum Gasteiger partial charge on any atom is 0.243 e. The highest BCUT2D eigenvalue weighted by Gasteiger charge is 2.24. The average Bonchev–Trinajstić information content (AvgIpc) is 2.58. The van der Waals surface area contributed by atoms with Gasteiger partial charge in [0.1, 0.15) is 4.90 Å². The van der Waals surface area contributed by atoms with Crippen LogP contribution in [0.4, 0.5) is 0 Å². The Bertz CT molecular complexity index is 739. The highest BCUT2D eigenvalue weighted by atomic mass is 32.2.